The van der Waals surface area contributed by atoms with Crippen LogP contribution in [0.3, 0.4) is 0 Å². The summed E-state index contributed by atoms with van der Waals surface area (Å²) in [5, 5.41) is 18.6. The van der Waals surface area contributed by atoms with E-state index in [0.717, 1.165) is 22.2 Å². The number of nitrogens with zero attached hydrogens (tertiary/aromatic N) is 2. The van der Waals surface area contributed by atoms with Gasteiger partial charge in [0, 0.05) is 23.1 Å². The number of nitro groups is 1. The number of rotatable bonds is 2. The zero-order valence-corrected chi connectivity index (χ0v) is 13.3. The highest BCUT2D eigenvalue weighted by Crippen LogP contribution is 2.28. The summed E-state index contributed by atoms with van der Waals surface area (Å²) in [6.45, 7) is 8.00. The summed E-state index contributed by atoms with van der Waals surface area (Å²) in [5.41, 5.74) is 2.53. The summed E-state index contributed by atoms with van der Waals surface area (Å²) < 4.78 is 0. The van der Waals surface area contributed by atoms with Crippen LogP contribution in [0.2, 0.25) is 0 Å². The molecule has 0 saturated heterocycles. The van der Waals surface area contributed by atoms with E-state index in [1.165, 1.54) is 6.07 Å². The molecule has 1 aromatic heterocycles. The Labute approximate surface area is 130 Å². The Morgan fingerprint density at radius 1 is 1.00 bits per heavy atom. The van der Waals surface area contributed by atoms with E-state index in [1.807, 2.05) is 58.0 Å². The molecule has 0 aliphatic rings. The largest absolute Gasteiger partial charge is 0.277 e. The van der Waals surface area contributed by atoms with Crippen LogP contribution in [0.5, 0.6) is 0 Å². The first kappa shape index (κ1) is 17.4. The number of H-pyrrole nitrogens is 1. The third-order valence-electron chi connectivity index (χ3n) is 2.80. The summed E-state index contributed by atoms with van der Waals surface area (Å²) >= 11 is 0. The van der Waals surface area contributed by atoms with Gasteiger partial charge in [-0.2, -0.15) is 5.10 Å². The van der Waals surface area contributed by atoms with Crippen molar-refractivity contribution in [3.63, 3.8) is 0 Å². The zero-order chi connectivity index (χ0) is 16.5. The Morgan fingerprint density at radius 3 is 2.23 bits per heavy atom. The second-order valence-corrected chi connectivity index (χ2v) is 3.93. The minimum atomic E-state index is -0.402. The minimum Gasteiger partial charge on any atom is -0.277 e. The standard InChI is InChI=1S/C13H9N3O2.2C2H6/c17-16(18)10-6-7-12-11(8-10)13(15-14-12)9-4-2-1-3-5-9;2*1-2/h1-8H,(H,14,15);2*1-2H3. The number of nitrogens with one attached hydrogen (secondary N) is 1. The second-order valence-electron chi connectivity index (χ2n) is 3.93. The van der Waals surface area contributed by atoms with Gasteiger partial charge < -0.3 is 0 Å². The summed E-state index contributed by atoms with van der Waals surface area (Å²) in [6.07, 6.45) is 0. The molecule has 3 rings (SSSR count). The summed E-state index contributed by atoms with van der Waals surface area (Å²) in [7, 11) is 0. The fraction of sp³-hybridized carbons (Fsp3) is 0.235. The fourth-order valence-electron chi connectivity index (χ4n) is 1.93. The van der Waals surface area contributed by atoms with E-state index < -0.39 is 4.92 Å². The maximum Gasteiger partial charge on any atom is 0.270 e. The predicted octanol–water partition coefficient (Wildman–Crippen LogP) is 5.19. The fourth-order valence-corrected chi connectivity index (χ4v) is 1.93. The van der Waals surface area contributed by atoms with E-state index in [-0.39, 0.29) is 5.69 Å². The van der Waals surface area contributed by atoms with Gasteiger partial charge in [0.05, 0.1) is 10.4 Å². The van der Waals surface area contributed by atoms with Crippen molar-refractivity contribution in [1.82, 2.24) is 10.2 Å². The molecular formula is C17H21N3O2. The van der Waals surface area contributed by atoms with Gasteiger partial charge in [-0.15, -0.1) is 0 Å². The van der Waals surface area contributed by atoms with Crippen molar-refractivity contribution in [3.8, 4) is 11.3 Å². The van der Waals surface area contributed by atoms with Gasteiger partial charge in [-0.3, -0.25) is 15.2 Å². The van der Waals surface area contributed by atoms with Crippen LogP contribution in [0, 0.1) is 10.1 Å². The van der Waals surface area contributed by atoms with Crippen molar-refractivity contribution in [1.29, 1.82) is 0 Å². The van der Waals surface area contributed by atoms with Crippen molar-refractivity contribution in [2.75, 3.05) is 0 Å². The lowest BCUT2D eigenvalue weighted by Gasteiger charge is -1.97. The number of aromatic amines is 1. The topological polar surface area (TPSA) is 71.8 Å². The number of aromatic nitrogens is 2. The Hall–Kier alpha value is -2.69. The van der Waals surface area contributed by atoms with Crippen LogP contribution in [0.4, 0.5) is 5.69 Å². The molecule has 0 aliphatic heterocycles. The molecule has 0 spiro atoms. The van der Waals surface area contributed by atoms with Crippen LogP contribution >= 0.6 is 0 Å². The van der Waals surface area contributed by atoms with Crippen LogP contribution < -0.4 is 0 Å². The lowest BCUT2D eigenvalue weighted by molar-refractivity contribution is -0.384. The average molecular weight is 299 g/mol. The Balaban J connectivity index is 0.000000561. The minimum absolute atomic E-state index is 0.0704. The summed E-state index contributed by atoms with van der Waals surface area (Å²) in [5.74, 6) is 0. The lowest BCUT2D eigenvalue weighted by Crippen LogP contribution is -1.86. The number of benzene rings is 2. The van der Waals surface area contributed by atoms with Crippen molar-refractivity contribution in [2.45, 2.75) is 27.7 Å². The van der Waals surface area contributed by atoms with Gasteiger partial charge in [-0.05, 0) is 6.07 Å². The van der Waals surface area contributed by atoms with Crippen molar-refractivity contribution >= 4 is 16.6 Å². The number of fused-ring (bicyclic) bond motifs is 1. The summed E-state index contributed by atoms with van der Waals surface area (Å²) in [6, 6.07) is 14.3. The molecule has 0 unspecified atom stereocenters. The van der Waals surface area contributed by atoms with Crippen molar-refractivity contribution in [2.24, 2.45) is 0 Å². The Morgan fingerprint density at radius 2 is 1.64 bits per heavy atom. The highest BCUT2D eigenvalue weighted by Gasteiger charge is 2.12. The van der Waals surface area contributed by atoms with Gasteiger partial charge in [0.15, 0.2) is 0 Å². The molecule has 0 saturated carbocycles. The number of hydrogen-bond acceptors (Lipinski definition) is 3. The highest BCUT2D eigenvalue weighted by molar-refractivity contribution is 5.94. The SMILES string of the molecule is CC.CC.O=[N+]([O-])c1ccc2[nH]nc(-c3ccccc3)c2c1. The van der Waals surface area contributed by atoms with E-state index in [4.69, 9.17) is 0 Å². The molecule has 0 aliphatic carbocycles. The van der Waals surface area contributed by atoms with Crippen molar-refractivity contribution < 1.29 is 4.92 Å². The molecule has 22 heavy (non-hydrogen) atoms. The highest BCUT2D eigenvalue weighted by atomic mass is 16.6. The molecule has 116 valence electrons. The Bertz CT molecular complexity index is 721. The normalized spacial score (nSPS) is 9.27. The maximum atomic E-state index is 10.8. The lowest BCUT2D eigenvalue weighted by atomic mass is 10.1. The van der Waals surface area contributed by atoms with Gasteiger partial charge in [-0.1, -0.05) is 58.0 Å². The second kappa shape index (κ2) is 8.56. The first-order chi connectivity index (χ1) is 10.8. The molecule has 5 nitrogen and oxygen atoms in total. The number of non-ortho nitro benzene ring substituents is 1. The van der Waals surface area contributed by atoms with Crippen LogP contribution in [0.1, 0.15) is 27.7 Å². The van der Waals surface area contributed by atoms with Gasteiger partial charge in [0.25, 0.3) is 5.69 Å². The maximum absolute atomic E-state index is 10.8. The molecule has 0 bridgehead atoms. The van der Waals surface area contributed by atoms with E-state index >= 15 is 0 Å². The van der Waals surface area contributed by atoms with Crippen LogP contribution in [0.15, 0.2) is 48.5 Å². The molecule has 3 aromatic rings. The molecule has 1 N–H and O–H groups in total. The average Bonchev–Trinajstić information content (AvgIpc) is 3.02. The van der Waals surface area contributed by atoms with Crippen molar-refractivity contribution in [3.05, 3.63) is 58.6 Å². The van der Waals surface area contributed by atoms with Gasteiger partial charge in [0.1, 0.15) is 5.69 Å². The van der Waals surface area contributed by atoms with Gasteiger partial charge >= 0.3 is 0 Å². The van der Waals surface area contributed by atoms with Crippen LogP contribution in [-0.4, -0.2) is 15.1 Å². The molecule has 0 amide bonds. The molecule has 0 atom stereocenters. The van der Waals surface area contributed by atoms with E-state index in [2.05, 4.69) is 10.2 Å². The summed E-state index contributed by atoms with van der Waals surface area (Å²) in [4.78, 5) is 10.4. The molecule has 0 fully saturated rings. The zero-order valence-electron chi connectivity index (χ0n) is 13.3. The predicted molar refractivity (Wildman–Crippen MR) is 90.9 cm³/mol. The molecule has 0 radical (unpaired) electrons. The van der Waals surface area contributed by atoms with Gasteiger partial charge in [0.2, 0.25) is 0 Å². The monoisotopic (exact) mass is 299 g/mol. The first-order valence-corrected chi connectivity index (χ1v) is 7.43. The van der Waals surface area contributed by atoms with Gasteiger partial charge in [-0.25, -0.2) is 0 Å². The third kappa shape index (κ3) is 3.69. The van der Waals surface area contributed by atoms with E-state index in [0.29, 0.717) is 0 Å². The quantitative estimate of drug-likeness (QED) is 0.522. The Kier molecular flexibility index (Phi) is 6.76. The molecule has 2 aromatic carbocycles. The smallest absolute Gasteiger partial charge is 0.270 e. The molecule has 1 heterocycles. The molecule has 5 heteroatoms. The molecular weight excluding hydrogens is 278 g/mol. The van der Waals surface area contributed by atoms with E-state index in [9.17, 15) is 10.1 Å². The number of hydrogen-bond donors (Lipinski definition) is 1. The van der Waals surface area contributed by atoms with Crippen LogP contribution in [-0.2, 0) is 0 Å². The van der Waals surface area contributed by atoms with Crippen LogP contribution in [0.25, 0.3) is 22.2 Å². The third-order valence-corrected chi connectivity index (χ3v) is 2.80. The van der Waals surface area contributed by atoms with E-state index in [1.54, 1.807) is 12.1 Å². The number of nitro benzene ring substituents is 1. The first-order valence-electron chi connectivity index (χ1n) is 7.43.